The van der Waals surface area contributed by atoms with Crippen LogP contribution in [0.2, 0.25) is 0 Å². The number of rotatable bonds is 2. The topological polar surface area (TPSA) is 37.8 Å². The highest BCUT2D eigenvalue weighted by atomic mass is 15.0. The Balaban J connectivity index is 2.96. The second-order valence-electron chi connectivity index (χ2n) is 1.96. The van der Waals surface area contributed by atoms with Crippen molar-refractivity contribution in [1.82, 2.24) is 9.97 Å². The molecule has 0 amide bonds. The van der Waals surface area contributed by atoms with E-state index < -0.39 is 0 Å². The van der Waals surface area contributed by atoms with E-state index in [-0.39, 0.29) is 0 Å². The van der Waals surface area contributed by atoms with E-state index in [1.165, 1.54) is 0 Å². The van der Waals surface area contributed by atoms with Crippen molar-refractivity contribution in [1.29, 1.82) is 0 Å². The third-order valence-corrected chi connectivity index (χ3v) is 1.35. The number of hydrogen-bond donors (Lipinski definition) is 1. The molecule has 0 aliphatic carbocycles. The van der Waals surface area contributed by atoms with Gasteiger partial charge in [0.1, 0.15) is 5.82 Å². The summed E-state index contributed by atoms with van der Waals surface area (Å²) in [6, 6.07) is 0. The first-order chi connectivity index (χ1) is 4.88. The molecular weight excluding hydrogens is 126 g/mol. The molecule has 0 spiro atoms. The summed E-state index contributed by atoms with van der Waals surface area (Å²) in [5.41, 5.74) is 1.02. The third-order valence-electron chi connectivity index (χ3n) is 1.35. The van der Waals surface area contributed by atoms with Crippen LogP contribution in [0.3, 0.4) is 0 Å². The number of nitrogens with zero attached hydrogens (tertiary/aromatic N) is 2. The van der Waals surface area contributed by atoms with Crippen LogP contribution in [0, 0.1) is 0 Å². The van der Waals surface area contributed by atoms with Crippen LogP contribution in [0.15, 0.2) is 12.4 Å². The summed E-state index contributed by atoms with van der Waals surface area (Å²) in [6.07, 6.45) is 4.31. The molecule has 0 aliphatic rings. The Labute approximate surface area is 60.5 Å². The molecule has 0 saturated heterocycles. The molecule has 0 aromatic carbocycles. The Kier molecular flexibility index (Phi) is 2.20. The van der Waals surface area contributed by atoms with Crippen molar-refractivity contribution in [3.05, 3.63) is 18.1 Å². The lowest BCUT2D eigenvalue weighted by atomic mass is 10.3. The molecule has 1 heterocycles. The zero-order chi connectivity index (χ0) is 7.40. The van der Waals surface area contributed by atoms with E-state index in [2.05, 4.69) is 22.2 Å². The summed E-state index contributed by atoms with van der Waals surface area (Å²) in [7, 11) is 1.85. The van der Waals surface area contributed by atoms with Crippen molar-refractivity contribution in [2.45, 2.75) is 13.3 Å². The minimum Gasteiger partial charge on any atom is -0.372 e. The summed E-state index contributed by atoms with van der Waals surface area (Å²) in [5, 5.41) is 2.97. The van der Waals surface area contributed by atoms with Crippen LogP contribution >= 0.6 is 0 Å². The van der Waals surface area contributed by atoms with Crippen LogP contribution in [0.4, 0.5) is 5.82 Å². The van der Waals surface area contributed by atoms with Gasteiger partial charge in [-0.25, -0.2) is 4.98 Å². The highest BCUT2D eigenvalue weighted by Gasteiger charge is 1.97. The van der Waals surface area contributed by atoms with Crippen molar-refractivity contribution in [3.63, 3.8) is 0 Å². The van der Waals surface area contributed by atoms with Crippen molar-refractivity contribution in [3.8, 4) is 0 Å². The second kappa shape index (κ2) is 3.15. The SMILES string of the molecule is CCc1nccnc1NC. The molecule has 0 fully saturated rings. The maximum Gasteiger partial charge on any atom is 0.147 e. The normalized spacial score (nSPS) is 9.40. The van der Waals surface area contributed by atoms with Gasteiger partial charge in [-0.1, -0.05) is 6.92 Å². The van der Waals surface area contributed by atoms with Crippen molar-refractivity contribution < 1.29 is 0 Å². The Bertz CT molecular complexity index is 187. The largest absolute Gasteiger partial charge is 0.372 e. The van der Waals surface area contributed by atoms with Crippen molar-refractivity contribution >= 4 is 5.82 Å². The molecule has 0 unspecified atom stereocenters. The first kappa shape index (κ1) is 6.99. The Morgan fingerprint density at radius 3 is 2.60 bits per heavy atom. The fourth-order valence-corrected chi connectivity index (χ4v) is 0.834. The number of aryl methyl sites for hydroxylation is 1. The molecule has 0 radical (unpaired) electrons. The quantitative estimate of drug-likeness (QED) is 0.662. The molecule has 0 bridgehead atoms. The molecular formula is C7H11N3. The molecule has 1 aromatic heterocycles. The smallest absolute Gasteiger partial charge is 0.147 e. The predicted octanol–water partition coefficient (Wildman–Crippen LogP) is 1.08. The van der Waals surface area contributed by atoms with Crippen molar-refractivity contribution in [2.24, 2.45) is 0 Å². The zero-order valence-corrected chi connectivity index (χ0v) is 6.26. The summed E-state index contributed by atoms with van der Waals surface area (Å²) in [6.45, 7) is 2.06. The van der Waals surface area contributed by atoms with E-state index in [1.54, 1.807) is 12.4 Å². The molecule has 3 nitrogen and oxygen atoms in total. The molecule has 3 heteroatoms. The van der Waals surface area contributed by atoms with Crippen LogP contribution < -0.4 is 5.32 Å². The van der Waals surface area contributed by atoms with Gasteiger partial charge >= 0.3 is 0 Å². The maximum atomic E-state index is 4.14. The van der Waals surface area contributed by atoms with E-state index in [0.717, 1.165) is 17.9 Å². The van der Waals surface area contributed by atoms with Gasteiger partial charge in [0, 0.05) is 19.4 Å². The van der Waals surface area contributed by atoms with Crippen LogP contribution in [0.25, 0.3) is 0 Å². The van der Waals surface area contributed by atoms with Crippen LogP contribution in [-0.4, -0.2) is 17.0 Å². The van der Waals surface area contributed by atoms with E-state index >= 15 is 0 Å². The van der Waals surface area contributed by atoms with Crippen molar-refractivity contribution in [2.75, 3.05) is 12.4 Å². The molecule has 54 valence electrons. The molecule has 0 aliphatic heterocycles. The maximum absolute atomic E-state index is 4.14. The van der Waals surface area contributed by atoms with Gasteiger partial charge < -0.3 is 5.32 Å². The Hall–Kier alpha value is -1.12. The molecule has 0 saturated carbocycles. The monoisotopic (exact) mass is 137 g/mol. The van der Waals surface area contributed by atoms with Gasteiger partial charge in [0.2, 0.25) is 0 Å². The summed E-state index contributed by atoms with van der Waals surface area (Å²) in [5.74, 6) is 0.880. The number of aromatic nitrogens is 2. The van der Waals surface area contributed by atoms with Gasteiger partial charge in [-0.2, -0.15) is 0 Å². The summed E-state index contributed by atoms with van der Waals surface area (Å²) in [4.78, 5) is 8.24. The minimum atomic E-state index is 0.880. The number of nitrogens with one attached hydrogen (secondary N) is 1. The average molecular weight is 137 g/mol. The van der Waals surface area contributed by atoms with E-state index in [9.17, 15) is 0 Å². The molecule has 1 rings (SSSR count). The van der Waals surface area contributed by atoms with Gasteiger partial charge in [-0.05, 0) is 6.42 Å². The lowest BCUT2D eigenvalue weighted by Gasteiger charge is -2.01. The van der Waals surface area contributed by atoms with E-state index in [1.807, 2.05) is 7.05 Å². The lowest BCUT2D eigenvalue weighted by Crippen LogP contribution is -1.99. The van der Waals surface area contributed by atoms with Crippen LogP contribution in [0.1, 0.15) is 12.6 Å². The zero-order valence-electron chi connectivity index (χ0n) is 6.26. The fourth-order valence-electron chi connectivity index (χ4n) is 0.834. The van der Waals surface area contributed by atoms with Gasteiger partial charge in [-0.3, -0.25) is 4.98 Å². The Morgan fingerprint density at radius 2 is 2.10 bits per heavy atom. The molecule has 0 atom stereocenters. The van der Waals surface area contributed by atoms with Crippen LogP contribution in [-0.2, 0) is 6.42 Å². The highest BCUT2D eigenvalue weighted by molar-refractivity contribution is 5.38. The molecule has 1 N–H and O–H groups in total. The first-order valence-electron chi connectivity index (χ1n) is 3.36. The number of anilines is 1. The second-order valence-corrected chi connectivity index (χ2v) is 1.96. The fraction of sp³-hybridized carbons (Fsp3) is 0.429. The van der Waals surface area contributed by atoms with E-state index in [0.29, 0.717) is 0 Å². The first-order valence-corrected chi connectivity index (χ1v) is 3.36. The molecule has 10 heavy (non-hydrogen) atoms. The summed E-state index contributed by atoms with van der Waals surface area (Å²) < 4.78 is 0. The van der Waals surface area contributed by atoms with Crippen LogP contribution in [0.5, 0.6) is 0 Å². The lowest BCUT2D eigenvalue weighted by molar-refractivity contribution is 1.00. The summed E-state index contributed by atoms with van der Waals surface area (Å²) >= 11 is 0. The van der Waals surface area contributed by atoms with Gasteiger partial charge in [-0.15, -0.1) is 0 Å². The third kappa shape index (κ3) is 1.23. The highest BCUT2D eigenvalue weighted by Crippen LogP contribution is 2.06. The van der Waals surface area contributed by atoms with E-state index in [4.69, 9.17) is 0 Å². The number of hydrogen-bond acceptors (Lipinski definition) is 3. The van der Waals surface area contributed by atoms with Gasteiger partial charge in [0.05, 0.1) is 5.69 Å². The van der Waals surface area contributed by atoms with Gasteiger partial charge in [0.15, 0.2) is 0 Å². The Morgan fingerprint density at radius 1 is 1.40 bits per heavy atom. The standard InChI is InChI=1S/C7H11N3/c1-3-6-7(8-2)10-5-4-9-6/h4-5H,3H2,1-2H3,(H,8,10). The minimum absolute atomic E-state index is 0.880. The predicted molar refractivity (Wildman–Crippen MR) is 41.0 cm³/mol. The molecule has 1 aromatic rings. The van der Waals surface area contributed by atoms with Gasteiger partial charge in [0.25, 0.3) is 0 Å². The average Bonchev–Trinajstić information content (AvgIpc) is 2.04.